The number of phenolic OH excluding ortho intramolecular Hbond substituents is 2. The smallest absolute Gasteiger partial charge is 0.167 e. The largest absolute Gasteiger partial charge is 0.504 e. The quantitative estimate of drug-likeness (QED) is 0.278. The molecule has 4 atom stereocenters. The van der Waals surface area contributed by atoms with E-state index in [0.29, 0.717) is 29.1 Å². The fourth-order valence-corrected chi connectivity index (χ4v) is 6.08. The summed E-state index contributed by atoms with van der Waals surface area (Å²) >= 11 is 0. The molecule has 42 heavy (non-hydrogen) atoms. The molecule has 0 saturated heterocycles. The van der Waals surface area contributed by atoms with Gasteiger partial charge in [0.2, 0.25) is 0 Å². The van der Waals surface area contributed by atoms with E-state index in [-0.39, 0.29) is 29.6 Å². The van der Waals surface area contributed by atoms with Crippen molar-refractivity contribution in [3.63, 3.8) is 0 Å². The van der Waals surface area contributed by atoms with Gasteiger partial charge in [-0.25, -0.2) is 0 Å². The SMILES string of the molecule is COc1cc(/C=C/C2=C([C@H]3C=C(C)CC[C@@H]3C(C)CCC=C(C)C)C(=O)CC(c3ccc(O)c(OC)c3)O2)ccc1O. The van der Waals surface area contributed by atoms with Crippen molar-refractivity contribution in [1.29, 1.82) is 0 Å². The van der Waals surface area contributed by atoms with Crippen LogP contribution in [0.4, 0.5) is 0 Å². The summed E-state index contributed by atoms with van der Waals surface area (Å²) in [5.41, 5.74) is 4.91. The van der Waals surface area contributed by atoms with E-state index in [2.05, 4.69) is 39.8 Å². The third-order valence-corrected chi connectivity index (χ3v) is 8.45. The molecule has 0 spiro atoms. The highest BCUT2D eigenvalue weighted by Gasteiger charge is 2.39. The van der Waals surface area contributed by atoms with E-state index in [4.69, 9.17) is 14.2 Å². The van der Waals surface area contributed by atoms with Gasteiger partial charge in [0.1, 0.15) is 11.9 Å². The lowest BCUT2D eigenvalue weighted by molar-refractivity contribution is -0.120. The maximum absolute atomic E-state index is 14.1. The number of methoxy groups -OCH3 is 2. The number of carbonyl (C=O) groups is 1. The Morgan fingerprint density at radius 3 is 2.43 bits per heavy atom. The van der Waals surface area contributed by atoms with Gasteiger partial charge in [0, 0.05) is 11.5 Å². The van der Waals surface area contributed by atoms with Gasteiger partial charge < -0.3 is 24.4 Å². The van der Waals surface area contributed by atoms with Crippen molar-refractivity contribution in [2.24, 2.45) is 17.8 Å². The monoisotopic (exact) mass is 572 g/mol. The van der Waals surface area contributed by atoms with Crippen molar-refractivity contribution in [2.45, 2.75) is 65.9 Å². The molecule has 2 unspecified atom stereocenters. The molecule has 0 amide bonds. The number of rotatable bonds is 10. The summed E-state index contributed by atoms with van der Waals surface area (Å²) in [6.45, 7) is 8.72. The van der Waals surface area contributed by atoms with E-state index in [1.807, 2.05) is 12.2 Å². The first-order valence-corrected chi connectivity index (χ1v) is 14.8. The summed E-state index contributed by atoms with van der Waals surface area (Å²) in [7, 11) is 3.01. The van der Waals surface area contributed by atoms with Gasteiger partial charge in [0.25, 0.3) is 0 Å². The molecule has 2 aromatic carbocycles. The fraction of sp³-hybridized carbons (Fsp3) is 0.417. The van der Waals surface area contributed by atoms with Crippen LogP contribution in [0.2, 0.25) is 0 Å². The minimum atomic E-state index is -0.521. The molecule has 6 nitrogen and oxygen atoms in total. The molecule has 4 rings (SSSR count). The molecule has 0 aromatic heterocycles. The summed E-state index contributed by atoms with van der Waals surface area (Å²) in [4.78, 5) is 14.1. The van der Waals surface area contributed by atoms with Gasteiger partial charge in [-0.3, -0.25) is 4.79 Å². The van der Waals surface area contributed by atoms with Gasteiger partial charge >= 0.3 is 0 Å². The molecule has 0 fully saturated rings. The van der Waals surface area contributed by atoms with Crippen LogP contribution in [0.1, 0.15) is 77.0 Å². The number of benzene rings is 2. The maximum atomic E-state index is 14.1. The van der Waals surface area contributed by atoms with Gasteiger partial charge in [-0.05, 0) is 99.8 Å². The Bertz CT molecular complexity index is 1410. The first kappa shape index (κ1) is 31.0. The van der Waals surface area contributed by atoms with Crippen molar-refractivity contribution >= 4 is 11.9 Å². The number of hydrogen-bond acceptors (Lipinski definition) is 6. The summed E-state index contributed by atoms with van der Waals surface area (Å²) in [5.74, 6) is 2.13. The first-order chi connectivity index (χ1) is 20.1. The van der Waals surface area contributed by atoms with E-state index in [1.165, 1.54) is 25.4 Å². The lowest BCUT2D eigenvalue weighted by Gasteiger charge is -2.38. The zero-order valence-corrected chi connectivity index (χ0v) is 25.6. The van der Waals surface area contributed by atoms with Crippen LogP contribution in [0.3, 0.4) is 0 Å². The molecular formula is C36H44O6. The normalized spacial score (nSPS) is 21.5. The Hall–Kier alpha value is -3.93. The minimum absolute atomic E-state index is 0.0359. The van der Waals surface area contributed by atoms with E-state index in [9.17, 15) is 15.0 Å². The van der Waals surface area contributed by atoms with Crippen LogP contribution in [0.15, 0.2) is 77.1 Å². The number of aromatic hydroxyl groups is 2. The molecule has 2 aromatic rings. The minimum Gasteiger partial charge on any atom is -0.504 e. The highest BCUT2D eigenvalue weighted by atomic mass is 16.5. The van der Waals surface area contributed by atoms with Crippen LogP contribution in [-0.2, 0) is 9.53 Å². The standard InChI is InChI=1S/C36H44O6/c1-22(2)8-7-9-24(4)27-14-10-23(3)18-28(27)36-31(39)21-33(26-13-16-30(38)35(20-26)41-6)42-32(36)17-12-25-11-15-29(37)34(19-25)40-5/h8,11-13,15-20,24,27-28,33,37-38H,7,9-10,14,21H2,1-6H3/b17-12+/t24?,27-,28+,33?/m1/s1. The predicted octanol–water partition coefficient (Wildman–Crippen LogP) is 8.47. The van der Waals surface area contributed by atoms with Crippen LogP contribution < -0.4 is 9.47 Å². The lowest BCUT2D eigenvalue weighted by atomic mass is 9.68. The summed E-state index contributed by atoms with van der Waals surface area (Å²) in [5, 5.41) is 20.2. The molecule has 1 aliphatic carbocycles. The highest BCUT2D eigenvalue weighted by molar-refractivity contribution is 5.98. The van der Waals surface area contributed by atoms with E-state index >= 15 is 0 Å². The zero-order chi connectivity index (χ0) is 30.4. The third-order valence-electron chi connectivity index (χ3n) is 8.45. The van der Waals surface area contributed by atoms with Gasteiger partial charge in [-0.15, -0.1) is 0 Å². The second-order valence-corrected chi connectivity index (χ2v) is 11.8. The average Bonchev–Trinajstić information content (AvgIpc) is 2.96. The van der Waals surface area contributed by atoms with Crippen LogP contribution in [0.25, 0.3) is 6.08 Å². The topological polar surface area (TPSA) is 85.2 Å². The molecule has 2 N–H and O–H groups in total. The Labute approximate surface area is 250 Å². The fourth-order valence-electron chi connectivity index (χ4n) is 6.08. The van der Waals surface area contributed by atoms with Crippen molar-refractivity contribution in [1.82, 2.24) is 0 Å². The number of ketones is 1. The predicted molar refractivity (Wildman–Crippen MR) is 167 cm³/mol. The van der Waals surface area contributed by atoms with Crippen molar-refractivity contribution < 1.29 is 29.2 Å². The number of Topliss-reactive ketones (excluding diaryl/α,β-unsaturated/α-hetero) is 1. The van der Waals surface area contributed by atoms with Gasteiger partial charge in [-0.2, -0.15) is 0 Å². The maximum Gasteiger partial charge on any atom is 0.167 e. The number of ether oxygens (including phenoxy) is 3. The first-order valence-electron chi connectivity index (χ1n) is 14.8. The molecule has 2 aliphatic rings. The summed E-state index contributed by atoms with van der Waals surface area (Å²) in [6, 6.07) is 10.2. The van der Waals surface area contributed by atoms with E-state index in [0.717, 1.165) is 42.4 Å². The van der Waals surface area contributed by atoms with Crippen molar-refractivity contribution in [2.75, 3.05) is 14.2 Å². The van der Waals surface area contributed by atoms with Gasteiger partial charge in [0.15, 0.2) is 28.8 Å². The Balaban J connectivity index is 1.77. The second kappa shape index (κ2) is 13.8. The van der Waals surface area contributed by atoms with Gasteiger partial charge in [-0.1, -0.05) is 48.4 Å². The number of phenols is 2. The number of hydrogen-bond donors (Lipinski definition) is 2. The second-order valence-electron chi connectivity index (χ2n) is 11.8. The third kappa shape index (κ3) is 7.28. The molecular weight excluding hydrogens is 528 g/mol. The van der Waals surface area contributed by atoms with Crippen LogP contribution in [0, 0.1) is 17.8 Å². The highest BCUT2D eigenvalue weighted by Crippen LogP contribution is 2.45. The summed E-state index contributed by atoms with van der Waals surface area (Å²) < 4.78 is 17.3. The van der Waals surface area contributed by atoms with Crippen LogP contribution in [0.5, 0.6) is 23.0 Å². The number of allylic oxidation sites excluding steroid dienone is 6. The van der Waals surface area contributed by atoms with Crippen molar-refractivity contribution in [3.05, 3.63) is 88.2 Å². The molecule has 1 heterocycles. The molecule has 0 saturated carbocycles. The van der Waals surface area contributed by atoms with Gasteiger partial charge in [0.05, 0.1) is 20.6 Å². The number of carbonyl (C=O) groups excluding carboxylic acids is 1. The Morgan fingerprint density at radius 2 is 1.74 bits per heavy atom. The Kier molecular flexibility index (Phi) is 10.2. The average molecular weight is 573 g/mol. The van der Waals surface area contributed by atoms with Crippen LogP contribution >= 0.6 is 0 Å². The van der Waals surface area contributed by atoms with Crippen molar-refractivity contribution in [3.8, 4) is 23.0 Å². The Morgan fingerprint density at radius 1 is 1.05 bits per heavy atom. The van der Waals surface area contributed by atoms with E-state index < -0.39 is 6.10 Å². The summed E-state index contributed by atoms with van der Waals surface area (Å²) in [6.07, 6.45) is 12.2. The molecule has 0 radical (unpaired) electrons. The van der Waals surface area contributed by atoms with Crippen LogP contribution in [-0.4, -0.2) is 30.2 Å². The molecule has 1 aliphatic heterocycles. The zero-order valence-electron chi connectivity index (χ0n) is 25.6. The van der Waals surface area contributed by atoms with E-state index in [1.54, 1.807) is 36.4 Å². The lowest BCUT2D eigenvalue weighted by Crippen LogP contribution is -2.32. The molecule has 224 valence electrons. The molecule has 6 heteroatoms. The molecule has 0 bridgehead atoms.